The van der Waals surface area contributed by atoms with Gasteiger partial charge in [-0.3, -0.25) is 4.79 Å². The van der Waals surface area contributed by atoms with Crippen molar-refractivity contribution in [1.29, 1.82) is 0 Å². The minimum absolute atomic E-state index is 0.0153. The predicted molar refractivity (Wildman–Crippen MR) is 85.1 cm³/mol. The van der Waals surface area contributed by atoms with Crippen molar-refractivity contribution >= 4 is 11.6 Å². The van der Waals surface area contributed by atoms with Gasteiger partial charge in [-0.15, -0.1) is 0 Å². The Labute approximate surface area is 134 Å². The van der Waals surface area contributed by atoms with Gasteiger partial charge < -0.3 is 19.5 Å². The average molecular weight is 311 g/mol. The molecule has 2 aromatic carbocycles. The van der Waals surface area contributed by atoms with Crippen LogP contribution in [0.4, 0.5) is 5.69 Å². The second kappa shape index (κ2) is 5.19. The van der Waals surface area contributed by atoms with Gasteiger partial charge in [0.15, 0.2) is 11.5 Å². The van der Waals surface area contributed by atoms with Crippen LogP contribution >= 0.6 is 0 Å². The summed E-state index contributed by atoms with van der Waals surface area (Å²) < 4.78 is 15.9. The van der Waals surface area contributed by atoms with Crippen molar-refractivity contribution in [3.8, 4) is 17.2 Å². The zero-order valence-electron chi connectivity index (χ0n) is 12.8. The molecule has 0 unspecified atom stereocenters. The van der Waals surface area contributed by atoms with Gasteiger partial charge in [-0.2, -0.15) is 0 Å². The summed E-state index contributed by atoms with van der Waals surface area (Å²) in [6.07, 6.45) is 1.68. The van der Waals surface area contributed by atoms with Gasteiger partial charge in [-0.1, -0.05) is 6.07 Å². The molecule has 0 radical (unpaired) electrons. The predicted octanol–water partition coefficient (Wildman–Crippen LogP) is 3.09. The molecule has 1 saturated carbocycles. The van der Waals surface area contributed by atoms with Crippen molar-refractivity contribution in [2.24, 2.45) is 0 Å². The fraction of sp³-hybridized carbons (Fsp3) is 0.278. The summed E-state index contributed by atoms with van der Waals surface area (Å²) in [6, 6.07) is 13.1. The fourth-order valence-corrected chi connectivity index (χ4v) is 2.89. The van der Waals surface area contributed by atoms with E-state index in [1.165, 1.54) is 0 Å². The van der Waals surface area contributed by atoms with Crippen molar-refractivity contribution in [2.75, 3.05) is 19.2 Å². The Bertz CT molecular complexity index is 750. The summed E-state index contributed by atoms with van der Waals surface area (Å²) in [5.41, 5.74) is 1.29. The van der Waals surface area contributed by atoms with Crippen molar-refractivity contribution in [3.63, 3.8) is 0 Å². The summed E-state index contributed by atoms with van der Waals surface area (Å²) in [7, 11) is 1.62. The number of fused-ring (bicyclic) bond motifs is 1. The molecular weight excluding hydrogens is 294 g/mol. The molecule has 2 aromatic rings. The molecule has 5 heteroatoms. The number of hydrogen-bond acceptors (Lipinski definition) is 4. The third kappa shape index (κ3) is 2.38. The molecule has 1 fully saturated rings. The van der Waals surface area contributed by atoms with Crippen LogP contribution in [-0.4, -0.2) is 19.8 Å². The molecule has 0 bridgehead atoms. The van der Waals surface area contributed by atoms with Crippen LogP contribution in [0.5, 0.6) is 17.2 Å². The highest BCUT2D eigenvalue weighted by atomic mass is 16.7. The maximum absolute atomic E-state index is 12.7. The van der Waals surface area contributed by atoms with Crippen LogP contribution < -0.4 is 19.5 Å². The van der Waals surface area contributed by atoms with Gasteiger partial charge >= 0.3 is 0 Å². The van der Waals surface area contributed by atoms with E-state index in [9.17, 15) is 4.79 Å². The topological polar surface area (TPSA) is 56.8 Å². The zero-order valence-corrected chi connectivity index (χ0v) is 12.8. The lowest BCUT2D eigenvalue weighted by molar-refractivity contribution is -0.118. The second-order valence-electron chi connectivity index (χ2n) is 5.83. The summed E-state index contributed by atoms with van der Waals surface area (Å²) in [5, 5.41) is 3.00. The fourth-order valence-electron chi connectivity index (χ4n) is 2.89. The van der Waals surface area contributed by atoms with Crippen molar-refractivity contribution < 1.29 is 19.0 Å². The number of rotatable bonds is 4. The number of anilines is 1. The second-order valence-corrected chi connectivity index (χ2v) is 5.83. The molecule has 4 rings (SSSR count). The van der Waals surface area contributed by atoms with Gasteiger partial charge in [0, 0.05) is 5.69 Å². The Morgan fingerprint density at radius 2 is 1.83 bits per heavy atom. The first-order valence-electron chi connectivity index (χ1n) is 7.57. The lowest BCUT2D eigenvalue weighted by Gasteiger charge is -2.16. The number of amides is 1. The van der Waals surface area contributed by atoms with Crippen LogP contribution in [0.15, 0.2) is 42.5 Å². The van der Waals surface area contributed by atoms with Gasteiger partial charge in [0.25, 0.3) is 0 Å². The molecule has 0 aromatic heterocycles. The maximum atomic E-state index is 12.7. The Morgan fingerprint density at radius 3 is 2.52 bits per heavy atom. The monoisotopic (exact) mass is 311 g/mol. The number of nitrogens with one attached hydrogen (secondary N) is 1. The summed E-state index contributed by atoms with van der Waals surface area (Å²) >= 11 is 0. The van der Waals surface area contributed by atoms with E-state index in [0.717, 1.165) is 35.6 Å². The van der Waals surface area contributed by atoms with E-state index in [0.29, 0.717) is 5.75 Å². The Kier molecular flexibility index (Phi) is 3.15. The molecule has 0 saturated heterocycles. The molecule has 0 spiro atoms. The van der Waals surface area contributed by atoms with E-state index in [1.807, 2.05) is 42.5 Å². The maximum Gasteiger partial charge on any atom is 0.235 e. The van der Waals surface area contributed by atoms with Crippen LogP contribution in [0.2, 0.25) is 0 Å². The van der Waals surface area contributed by atoms with E-state index in [-0.39, 0.29) is 12.7 Å². The number of benzene rings is 2. The first-order chi connectivity index (χ1) is 11.2. The Balaban J connectivity index is 1.55. The average Bonchev–Trinajstić information content (AvgIpc) is 3.27. The van der Waals surface area contributed by atoms with Crippen molar-refractivity contribution in [3.05, 3.63) is 48.0 Å². The van der Waals surface area contributed by atoms with Gasteiger partial charge in [-0.05, 0) is 54.8 Å². The third-order valence-corrected chi connectivity index (χ3v) is 4.46. The van der Waals surface area contributed by atoms with E-state index >= 15 is 0 Å². The summed E-state index contributed by atoms with van der Waals surface area (Å²) in [6.45, 7) is 0.240. The SMILES string of the molecule is COc1ccc(NC(=O)C2(c3ccc4c(c3)OCO4)CC2)cc1. The first-order valence-corrected chi connectivity index (χ1v) is 7.57. The number of ether oxygens (including phenoxy) is 3. The smallest absolute Gasteiger partial charge is 0.235 e. The Morgan fingerprint density at radius 1 is 1.09 bits per heavy atom. The van der Waals surface area contributed by atoms with E-state index in [4.69, 9.17) is 14.2 Å². The van der Waals surface area contributed by atoms with Crippen LogP contribution in [0.25, 0.3) is 0 Å². The van der Waals surface area contributed by atoms with Crippen LogP contribution in [-0.2, 0) is 10.2 Å². The molecule has 118 valence electrons. The van der Waals surface area contributed by atoms with Crippen LogP contribution in [0.1, 0.15) is 18.4 Å². The number of hydrogen-bond donors (Lipinski definition) is 1. The van der Waals surface area contributed by atoms with Gasteiger partial charge in [0.2, 0.25) is 12.7 Å². The minimum atomic E-state index is -0.457. The quantitative estimate of drug-likeness (QED) is 0.942. The molecular formula is C18H17NO4. The summed E-state index contributed by atoms with van der Waals surface area (Å²) in [5.74, 6) is 2.23. The molecule has 1 amide bonds. The molecule has 2 aliphatic rings. The molecule has 0 atom stereocenters. The van der Waals surface area contributed by atoms with Gasteiger partial charge in [-0.25, -0.2) is 0 Å². The Hall–Kier alpha value is -2.69. The van der Waals surface area contributed by atoms with E-state index in [1.54, 1.807) is 7.11 Å². The third-order valence-electron chi connectivity index (χ3n) is 4.46. The molecule has 5 nitrogen and oxygen atoms in total. The highest BCUT2D eigenvalue weighted by Crippen LogP contribution is 2.51. The lowest BCUT2D eigenvalue weighted by atomic mass is 9.94. The van der Waals surface area contributed by atoms with Gasteiger partial charge in [0.05, 0.1) is 12.5 Å². The lowest BCUT2D eigenvalue weighted by Crippen LogP contribution is -2.27. The van der Waals surface area contributed by atoms with Crippen molar-refractivity contribution in [1.82, 2.24) is 0 Å². The van der Waals surface area contributed by atoms with Crippen LogP contribution in [0, 0.1) is 0 Å². The highest BCUT2D eigenvalue weighted by Gasteiger charge is 2.51. The van der Waals surface area contributed by atoms with Gasteiger partial charge in [0.1, 0.15) is 5.75 Å². The minimum Gasteiger partial charge on any atom is -0.497 e. The van der Waals surface area contributed by atoms with Crippen LogP contribution in [0.3, 0.4) is 0 Å². The molecule has 1 N–H and O–H groups in total. The standard InChI is InChI=1S/C18H17NO4/c1-21-14-5-3-13(4-6-14)19-17(20)18(8-9-18)12-2-7-15-16(10-12)23-11-22-15/h2-7,10H,8-9,11H2,1H3,(H,19,20). The van der Waals surface area contributed by atoms with E-state index in [2.05, 4.69) is 5.32 Å². The first kappa shape index (κ1) is 13.9. The normalized spacial score (nSPS) is 16.7. The zero-order chi connectivity index (χ0) is 15.9. The highest BCUT2D eigenvalue weighted by molar-refractivity contribution is 6.01. The van der Waals surface area contributed by atoms with E-state index < -0.39 is 5.41 Å². The number of carbonyl (C=O) groups excluding carboxylic acids is 1. The largest absolute Gasteiger partial charge is 0.497 e. The number of carbonyl (C=O) groups is 1. The van der Waals surface area contributed by atoms with Crippen molar-refractivity contribution in [2.45, 2.75) is 18.3 Å². The summed E-state index contributed by atoms with van der Waals surface area (Å²) in [4.78, 5) is 12.7. The molecule has 1 heterocycles. The molecule has 23 heavy (non-hydrogen) atoms. The number of methoxy groups -OCH3 is 1. The molecule has 1 aliphatic carbocycles. The molecule has 1 aliphatic heterocycles.